The molecule has 0 radical (unpaired) electrons. The summed E-state index contributed by atoms with van der Waals surface area (Å²) in [5, 5.41) is 3.49. The van der Waals surface area contributed by atoms with Crippen LogP contribution in [0.1, 0.15) is 23.2 Å². The van der Waals surface area contributed by atoms with E-state index in [4.69, 9.17) is 16.3 Å². The van der Waals surface area contributed by atoms with Gasteiger partial charge in [-0.25, -0.2) is 0 Å². The minimum Gasteiger partial charge on any atom is -0.376 e. The molecule has 1 N–H and O–H groups in total. The van der Waals surface area contributed by atoms with E-state index in [1.54, 1.807) is 24.3 Å². The average molecular weight is 240 g/mol. The van der Waals surface area contributed by atoms with Crippen molar-refractivity contribution < 1.29 is 9.53 Å². The van der Waals surface area contributed by atoms with E-state index in [-0.39, 0.29) is 12.0 Å². The zero-order chi connectivity index (χ0) is 11.4. The van der Waals surface area contributed by atoms with Crippen LogP contribution < -0.4 is 5.32 Å². The van der Waals surface area contributed by atoms with E-state index in [2.05, 4.69) is 5.32 Å². The summed E-state index contributed by atoms with van der Waals surface area (Å²) in [6.45, 7) is 1.39. The van der Waals surface area contributed by atoms with E-state index in [0.29, 0.717) is 17.1 Å². The molecule has 0 saturated carbocycles. The van der Waals surface area contributed by atoms with Crippen LogP contribution in [0, 0.1) is 0 Å². The van der Waals surface area contributed by atoms with Gasteiger partial charge in [-0.2, -0.15) is 0 Å². The Bertz CT molecular complexity index is 358. The summed E-state index contributed by atoms with van der Waals surface area (Å²) >= 11 is 5.75. The summed E-state index contributed by atoms with van der Waals surface area (Å²) < 4.78 is 5.42. The van der Waals surface area contributed by atoms with Gasteiger partial charge in [0.2, 0.25) is 0 Å². The number of ether oxygens (including phenoxy) is 1. The molecule has 0 spiro atoms. The standard InChI is InChI=1S/C12H14ClNO2/c13-10-5-3-9(4-6-10)12(15)14-8-11-2-1-7-16-11/h3-6,11H,1-2,7-8H2,(H,14,15). The van der Waals surface area contributed by atoms with Gasteiger partial charge in [-0.1, -0.05) is 11.6 Å². The molecule has 1 aromatic carbocycles. The van der Waals surface area contributed by atoms with Crippen molar-refractivity contribution in [2.45, 2.75) is 18.9 Å². The second-order valence-electron chi connectivity index (χ2n) is 3.85. The van der Waals surface area contributed by atoms with Crippen LogP contribution >= 0.6 is 11.6 Å². The predicted molar refractivity (Wildman–Crippen MR) is 62.8 cm³/mol. The largest absolute Gasteiger partial charge is 0.376 e. The maximum absolute atomic E-state index is 11.7. The second kappa shape index (κ2) is 5.32. The van der Waals surface area contributed by atoms with Crippen LogP contribution in [-0.4, -0.2) is 25.2 Å². The molecule has 1 amide bonds. The van der Waals surface area contributed by atoms with Crippen molar-refractivity contribution in [1.82, 2.24) is 5.32 Å². The number of nitrogens with one attached hydrogen (secondary N) is 1. The Labute approximate surface area is 99.7 Å². The summed E-state index contributed by atoms with van der Waals surface area (Å²) in [5.41, 5.74) is 0.627. The van der Waals surface area contributed by atoms with E-state index in [1.165, 1.54) is 0 Å². The molecular formula is C12H14ClNO2. The molecule has 86 valence electrons. The quantitative estimate of drug-likeness (QED) is 0.879. The van der Waals surface area contributed by atoms with Gasteiger partial charge in [-0.05, 0) is 37.1 Å². The minimum absolute atomic E-state index is 0.0767. The Morgan fingerprint density at radius 2 is 2.19 bits per heavy atom. The predicted octanol–water partition coefficient (Wildman–Crippen LogP) is 2.25. The molecule has 1 atom stereocenters. The fourth-order valence-electron chi connectivity index (χ4n) is 1.72. The Morgan fingerprint density at radius 3 is 2.81 bits per heavy atom. The van der Waals surface area contributed by atoms with Crippen molar-refractivity contribution in [1.29, 1.82) is 0 Å². The Kier molecular flexibility index (Phi) is 3.80. The highest BCUT2D eigenvalue weighted by atomic mass is 35.5. The van der Waals surface area contributed by atoms with Crippen molar-refractivity contribution in [3.05, 3.63) is 34.9 Å². The average Bonchev–Trinajstić information content (AvgIpc) is 2.80. The molecule has 1 aromatic rings. The maximum atomic E-state index is 11.7. The van der Waals surface area contributed by atoms with Gasteiger partial charge in [0, 0.05) is 23.7 Å². The lowest BCUT2D eigenvalue weighted by Gasteiger charge is -2.10. The first-order valence-electron chi connectivity index (χ1n) is 5.41. The van der Waals surface area contributed by atoms with E-state index < -0.39 is 0 Å². The molecule has 0 aliphatic carbocycles. The molecule has 1 aliphatic heterocycles. The van der Waals surface area contributed by atoms with Gasteiger partial charge in [0.15, 0.2) is 0 Å². The lowest BCUT2D eigenvalue weighted by molar-refractivity contribution is 0.0858. The van der Waals surface area contributed by atoms with Crippen LogP contribution in [-0.2, 0) is 4.74 Å². The van der Waals surface area contributed by atoms with Crippen molar-refractivity contribution >= 4 is 17.5 Å². The van der Waals surface area contributed by atoms with Gasteiger partial charge < -0.3 is 10.1 Å². The molecule has 1 unspecified atom stereocenters. The third-order valence-corrected chi connectivity index (χ3v) is 2.87. The zero-order valence-corrected chi connectivity index (χ0v) is 9.67. The van der Waals surface area contributed by atoms with Crippen LogP contribution in [0.25, 0.3) is 0 Å². The number of carbonyl (C=O) groups excluding carboxylic acids is 1. The number of rotatable bonds is 3. The minimum atomic E-state index is -0.0767. The van der Waals surface area contributed by atoms with Crippen molar-refractivity contribution in [3.8, 4) is 0 Å². The summed E-state index contributed by atoms with van der Waals surface area (Å²) in [7, 11) is 0. The third-order valence-electron chi connectivity index (χ3n) is 2.62. The Hall–Kier alpha value is -1.06. The van der Waals surface area contributed by atoms with Crippen LogP contribution in [0.4, 0.5) is 0 Å². The highest BCUT2D eigenvalue weighted by molar-refractivity contribution is 6.30. The molecule has 3 nitrogen and oxygen atoms in total. The molecule has 2 rings (SSSR count). The van der Waals surface area contributed by atoms with Crippen LogP contribution in [0.5, 0.6) is 0 Å². The fourth-order valence-corrected chi connectivity index (χ4v) is 1.84. The number of hydrogen-bond acceptors (Lipinski definition) is 2. The first-order chi connectivity index (χ1) is 7.75. The highest BCUT2D eigenvalue weighted by Gasteiger charge is 2.16. The zero-order valence-electron chi connectivity index (χ0n) is 8.91. The van der Waals surface area contributed by atoms with Crippen molar-refractivity contribution in [2.75, 3.05) is 13.2 Å². The van der Waals surface area contributed by atoms with Gasteiger partial charge in [0.05, 0.1) is 6.10 Å². The molecule has 0 aromatic heterocycles. The van der Waals surface area contributed by atoms with Crippen LogP contribution in [0.3, 0.4) is 0 Å². The van der Waals surface area contributed by atoms with Crippen molar-refractivity contribution in [3.63, 3.8) is 0 Å². The second-order valence-corrected chi connectivity index (χ2v) is 4.29. The number of benzene rings is 1. The summed E-state index contributed by atoms with van der Waals surface area (Å²) in [6, 6.07) is 6.85. The SMILES string of the molecule is O=C(NCC1CCCO1)c1ccc(Cl)cc1. The highest BCUT2D eigenvalue weighted by Crippen LogP contribution is 2.12. The fraction of sp³-hybridized carbons (Fsp3) is 0.417. The molecular weight excluding hydrogens is 226 g/mol. The third kappa shape index (κ3) is 2.97. The number of halogens is 1. The monoisotopic (exact) mass is 239 g/mol. The van der Waals surface area contributed by atoms with Gasteiger partial charge in [-0.15, -0.1) is 0 Å². The Morgan fingerprint density at radius 1 is 1.44 bits per heavy atom. The molecule has 1 fully saturated rings. The molecule has 0 bridgehead atoms. The maximum Gasteiger partial charge on any atom is 0.251 e. The van der Waals surface area contributed by atoms with Gasteiger partial charge >= 0.3 is 0 Å². The Balaban J connectivity index is 1.85. The number of amides is 1. The van der Waals surface area contributed by atoms with Crippen LogP contribution in [0.2, 0.25) is 5.02 Å². The van der Waals surface area contributed by atoms with E-state index in [0.717, 1.165) is 19.4 Å². The van der Waals surface area contributed by atoms with E-state index >= 15 is 0 Å². The van der Waals surface area contributed by atoms with E-state index in [9.17, 15) is 4.79 Å². The number of hydrogen-bond donors (Lipinski definition) is 1. The van der Waals surface area contributed by atoms with Crippen molar-refractivity contribution in [2.24, 2.45) is 0 Å². The summed E-state index contributed by atoms with van der Waals surface area (Å²) in [4.78, 5) is 11.7. The lowest BCUT2D eigenvalue weighted by atomic mass is 10.2. The summed E-state index contributed by atoms with van der Waals surface area (Å²) in [5.74, 6) is -0.0767. The lowest BCUT2D eigenvalue weighted by Crippen LogP contribution is -2.31. The first-order valence-corrected chi connectivity index (χ1v) is 5.79. The topological polar surface area (TPSA) is 38.3 Å². The normalized spacial score (nSPS) is 19.7. The van der Waals surface area contributed by atoms with Gasteiger partial charge in [0.1, 0.15) is 0 Å². The molecule has 4 heteroatoms. The molecule has 1 aliphatic rings. The molecule has 1 saturated heterocycles. The van der Waals surface area contributed by atoms with Crippen LogP contribution in [0.15, 0.2) is 24.3 Å². The van der Waals surface area contributed by atoms with Gasteiger partial charge in [-0.3, -0.25) is 4.79 Å². The van der Waals surface area contributed by atoms with E-state index in [1.807, 2.05) is 0 Å². The molecule has 16 heavy (non-hydrogen) atoms. The van der Waals surface area contributed by atoms with Gasteiger partial charge in [0.25, 0.3) is 5.91 Å². The molecule has 1 heterocycles. The summed E-state index contributed by atoms with van der Waals surface area (Å²) in [6.07, 6.45) is 2.29. The smallest absolute Gasteiger partial charge is 0.251 e. The number of carbonyl (C=O) groups is 1. The first kappa shape index (κ1) is 11.4.